The molecule has 1 aromatic carbocycles. The van der Waals surface area contributed by atoms with Gasteiger partial charge in [-0.2, -0.15) is 5.26 Å². The van der Waals surface area contributed by atoms with E-state index in [0.717, 1.165) is 32.1 Å². The molecule has 10 nitrogen and oxygen atoms in total. The Labute approximate surface area is 221 Å². The van der Waals surface area contributed by atoms with Crippen molar-refractivity contribution in [2.24, 2.45) is 22.7 Å². The monoisotopic (exact) mass is 523 g/mol. The number of methoxy groups -OCH3 is 1. The van der Waals surface area contributed by atoms with Crippen LogP contribution in [0, 0.1) is 29.1 Å². The Hall–Kier alpha value is -3.29. The van der Waals surface area contributed by atoms with Gasteiger partial charge in [-0.3, -0.25) is 14.4 Å². The molecule has 1 spiro atoms. The van der Waals surface area contributed by atoms with Crippen LogP contribution >= 0.6 is 0 Å². The summed E-state index contributed by atoms with van der Waals surface area (Å²) in [6, 6.07) is 8.35. The minimum absolute atomic E-state index is 0.0201. The lowest BCUT2D eigenvalue weighted by atomic mass is 9.73. The fourth-order valence-electron chi connectivity index (χ4n) is 6.85. The van der Waals surface area contributed by atoms with Crippen LogP contribution in [0.3, 0.4) is 0 Å². The quantitative estimate of drug-likeness (QED) is 0.476. The molecule has 0 N–H and O–H groups in total. The topological polar surface area (TPSA) is 128 Å². The zero-order valence-electron chi connectivity index (χ0n) is 22.0. The average Bonchev–Trinajstić information content (AvgIpc) is 3.49. The van der Waals surface area contributed by atoms with Crippen LogP contribution in [0.15, 0.2) is 29.3 Å². The number of carbonyl (C=O) groups is 3. The highest BCUT2D eigenvalue weighted by Crippen LogP contribution is 2.63. The van der Waals surface area contributed by atoms with E-state index in [1.54, 1.807) is 38.1 Å². The van der Waals surface area contributed by atoms with Crippen LogP contribution in [0.1, 0.15) is 57.1 Å². The summed E-state index contributed by atoms with van der Waals surface area (Å²) in [5.74, 6) is -5.28. The third kappa shape index (κ3) is 3.83. The average molecular weight is 524 g/mol. The van der Waals surface area contributed by atoms with Gasteiger partial charge in [0.2, 0.25) is 11.7 Å². The number of nitriles is 1. The molecule has 10 heteroatoms. The predicted molar refractivity (Wildman–Crippen MR) is 134 cm³/mol. The van der Waals surface area contributed by atoms with E-state index in [-0.39, 0.29) is 31.6 Å². The molecule has 5 rings (SSSR count). The van der Waals surface area contributed by atoms with Gasteiger partial charge in [0.15, 0.2) is 5.72 Å². The molecule has 5 atom stereocenters. The Bertz CT molecular complexity index is 1190. The molecule has 1 aromatic rings. The van der Waals surface area contributed by atoms with Crippen molar-refractivity contribution >= 4 is 23.6 Å². The van der Waals surface area contributed by atoms with Crippen molar-refractivity contribution in [2.45, 2.75) is 63.5 Å². The van der Waals surface area contributed by atoms with Gasteiger partial charge in [0.1, 0.15) is 24.1 Å². The number of fused-ring (bicyclic) bond motifs is 1. The largest absolute Gasteiger partial charge is 0.468 e. The van der Waals surface area contributed by atoms with Gasteiger partial charge in [0, 0.05) is 12.2 Å². The molecule has 2 saturated heterocycles. The van der Waals surface area contributed by atoms with Crippen molar-refractivity contribution in [1.29, 1.82) is 5.26 Å². The van der Waals surface area contributed by atoms with Gasteiger partial charge in [0.05, 0.1) is 31.4 Å². The highest BCUT2D eigenvalue weighted by Gasteiger charge is 2.81. The van der Waals surface area contributed by atoms with Crippen LogP contribution in [0.5, 0.6) is 0 Å². The van der Waals surface area contributed by atoms with Crippen LogP contribution in [0.4, 0.5) is 0 Å². The summed E-state index contributed by atoms with van der Waals surface area (Å²) in [4.78, 5) is 46.8. The molecule has 1 aliphatic carbocycles. The van der Waals surface area contributed by atoms with Crippen LogP contribution < -0.4 is 0 Å². The third-order valence-electron chi connectivity index (χ3n) is 8.24. The van der Waals surface area contributed by atoms with Gasteiger partial charge in [-0.1, -0.05) is 31.4 Å². The predicted octanol–water partition coefficient (Wildman–Crippen LogP) is 2.58. The molecule has 202 valence electrons. The molecular formula is C28H33N3O7. The number of amides is 1. The lowest BCUT2D eigenvalue weighted by Gasteiger charge is -2.39. The fourth-order valence-corrected chi connectivity index (χ4v) is 6.85. The van der Waals surface area contributed by atoms with E-state index in [2.05, 4.69) is 6.07 Å². The van der Waals surface area contributed by atoms with E-state index < -0.39 is 41.3 Å². The normalized spacial score (nSPS) is 32.1. The molecule has 3 fully saturated rings. The molecule has 0 aromatic heterocycles. The van der Waals surface area contributed by atoms with Crippen LogP contribution in [-0.4, -0.2) is 72.9 Å². The van der Waals surface area contributed by atoms with Crippen LogP contribution in [0.2, 0.25) is 0 Å². The first kappa shape index (κ1) is 26.3. The second kappa shape index (κ2) is 10.1. The van der Waals surface area contributed by atoms with E-state index in [0.29, 0.717) is 16.8 Å². The zero-order valence-corrected chi connectivity index (χ0v) is 22.0. The maximum absolute atomic E-state index is 14.1. The molecule has 1 unspecified atom stereocenters. The maximum atomic E-state index is 14.1. The summed E-state index contributed by atoms with van der Waals surface area (Å²) in [7, 11) is 1.28. The van der Waals surface area contributed by atoms with E-state index >= 15 is 0 Å². The van der Waals surface area contributed by atoms with Gasteiger partial charge in [-0.25, -0.2) is 4.99 Å². The van der Waals surface area contributed by atoms with Crippen LogP contribution in [-0.2, 0) is 33.3 Å². The Morgan fingerprint density at radius 1 is 1.16 bits per heavy atom. The Morgan fingerprint density at radius 2 is 1.87 bits per heavy atom. The Balaban J connectivity index is 1.72. The molecule has 1 saturated carbocycles. The number of hydrogen-bond donors (Lipinski definition) is 0. The summed E-state index contributed by atoms with van der Waals surface area (Å²) in [6.45, 7) is 3.56. The van der Waals surface area contributed by atoms with Gasteiger partial charge >= 0.3 is 11.9 Å². The Morgan fingerprint density at radius 3 is 2.47 bits per heavy atom. The number of likely N-dealkylation sites (tertiary alicyclic amines) is 1. The van der Waals surface area contributed by atoms with Gasteiger partial charge < -0.3 is 23.8 Å². The van der Waals surface area contributed by atoms with Gasteiger partial charge in [-0.05, 0) is 44.7 Å². The lowest BCUT2D eigenvalue weighted by molar-refractivity contribution is -0.221. The first-order chi connectivity index (χ1) is 18.4. The van der Waals surface area contributed by atoms with Crippen LogP contribution in [0.25, 0.3) is 0 Å². The summed E-state index contributed by atoms with van der Waals surface area (Å²) >= 11 is 0. The first-order valence-electron chi connectivity index (χ1n) is 13.4. The van der Waals surface area contributed by atoms with E-state index in [9.17, 15) is 19.6 Å². The second-order valence-electron chi connectivity index (χ2n) is 10.2. The standard InChI is InChI=1S/C28H33N3O7/c1-4-36-26(34)22-21-25(33)31(16-20(32)35-3)24(19-9-7-6-8-10-19)27(21)30-23(28(22,38-27)37-5-2)18-13-11-17(15-29)12-14-18/h11-14,19,21-22,24H,4-10,16H2,1-3H3/t21-,22-,24?,27-,28-/m1/s1. The molecular weight excluding hydrogens is 490 g/mol. The third-order valence-corrected chi connectivity index (χ3v) is 8.24. The molecule has 3 aliphatic heterocycles. The number of rotatable bonds is 8. The number of ether oxygens (including phenoxy) is 4. The number of nitrogens with zero attached hydrogens (tertiary/aromatic N) is 3. The molecule has 38 heavy (non-hydrogen) atoms. The highest BCUT2D eigenvalue weighted by molar-refractivity contribution is 6.12. The summed E-state index contributed by atoms with van der Waals surface area (Å²) in [5.41, 5.74) is 0.0698. The van der Waals surface area contributed by atoms with E-state index in [1.165, 1.54) is 12.0 Å². The van der Waals surface area contributed by atoms with Crippen molar-refractivity contribution in [1.82, 2.24) is 4.90 Å². The number of carbonyl (C=O) groups excluding carboxylic acids is 3. The van der Waals surface area contributed by atoms with E-state index in [4.69, 9.17) is 23.9 Å². The number of benzene rings is 1. The summed E-state index contributed by atoms with van der Waals surface area (Å²) in [5, 5.41) is 9.29. The molecule has 2 bridgehead atoms. The summed E-state index contributed by atoms with van der Waals surface area (Å²) in [6.07, 6.45) is 4.78. The molecule has 3 heterocycles. The number of aliphatic imine (C=N–C) groups is 1. The van der Waals surface area contributed by atoms with Crippen molar-refractivity contribution < 1.29 is 33.3 Å². The van der Waals surface area contributed by atoms with Gasteiger partial charge in [0.25, 0.3) is 0 Å². The van der Waals surface area contributed by atoms with Crippen molar-refractivity contribution in [3.05, 3.63) is 35.4 Å². The van der Waals surface area contributed by atoms with Crippen molar-refractivity contribution in [3.63, 3.8) is 0 Å². The van der Waals surface area contributed by atoms with Crippen molar-refractivity contribution in [2.75, 3.05) is 26.9 Å². The van der Waals surface area contributed by atoms with Gasteiger partial charge in [-0.15, -0.1) is 0 Å². The first-order valence-corrected chi connectivity index (χ1v) is 13.4. The lowest BCUT2D eigenvalue weighted by Crippen LogP contribution is -2.53. The smallest absolute Gasteiger partial charge is 0.325 e. The molecule has 1 amide bonds. The Kier molecular flexibility index (Phi) is 7.01. The minimum atomic E-state index is -1.64. The number of esters is 2. The summed E-state index contributed by atoms with van der Waals surface area (Å²) < 4.78 is 23.5. The van der Waals surface area contributed by atoms with E-state index in [1.807, 2.05) is 0 Å². The minimum Gasteiger partial charge on any atom is -0.468 e. The molecule has 0 radical (unpaired) electrons. The SMILES string of the molecule is CCOC(=O)[C@H]1[C@@H]2C(=O)N(CC(=O)OC)C(C3CCCCC3)[C@@]23N=C(c2ccc(C#N)cc2)[C@]1(OCC)O3. The number of hydrogen-bond acceptors (Lipinski definition) is 9. The van der Waals surface area contributed by atoms with Crippen molar-refractivity contribution in [3.8, 4) is 6.07 Å². The fraction of sp³-hybridized carbons (Fsp3) is 0.607. The zero-order chi connectivity index (χ0) is 27.1. The molecule has 4 aliphatic rings. The highest BCUT2D eigenvalue weighted by atomic mass is 16.7. The maximum Gasteiger partial charge on any atom is 0.325 e. The second-order valence-corrected chi connectivity index (χ2v) is 10.2.